The Kier molecular flexibility index (Phi) is 1.09. The molecule has 1 aromatic heterocycles. The first-order chi connectivity index (χ1) is 3.72. The second-order valence-corrected chi connectivity index (χ2v) is 2.35. The van der Waals surface area contributed by atoms with Crippen LogP contribution in [0.2, 0.25) is 0 Å². The van der Waals surface area contributed by atoms with Crippen molar-refractivity contribution in [1.82, 2.24) is 4.73 Å². The molecular formula is C4H6N2OS. The van der Waals surface area contributed by atoms with Crippen molar-refractivity contribution in [3.05, 3.63) is 15.9 Å². The monoisotopic (exact) mass is 130 g/mol. The molecule has 0 saturated heterocycles. The van der Waals surface area contributed by atoms with Crippen molar-refractivity contribution in [2.45, 2.75) is 6.92 Å². The Labute approximate surface area is 50.3 Å². The number of hydrogen-bond acceptors (Lipinski definition) is 3. The standard InChI is InChI=1S/C4H6N2OS/c1-3-2-8-4(5)6(3)7/h2,5,7H,1H3. The minimum Gasteiger partial charge on any atom is -0.426 e. The van der Waals surface area contributed by atoms with Gasteiger partial charge in [0.2, 0.25) is 4.80 Å². The van der Waals surface area contributed by atoms with Crippen molar-refractivity contribution in [2.75, 3.05) is 0 Å². The smallest absolute Gasteiger partial charge is 0.216 e. The molecule has 8 heavy (non-hydrogen) atoms. The van der Waals surface area contributed by atoms with Crippen LogP contribution in [-0.4, -0.2) is 9.94 Å². The summed E-state index contributed by atoms with van der Waals surface area (Å²) in [5, 5.41) is 17.5. The summed E-state index contributed by atoms with van der Waals surface area (Å²) in [5.41, 5.74) is 0.708. The minimum absolute atomic E-state index is 0.169. The molecule has 0 aliphatic rings. The van der Waals surface area contributed by atoms with Crippen LogP contribution in [0, 0.1) is 12.3 Å². The Morgan fingerprint density at radius 2 is 2.50 bits per heavy atom. The summed E-state index contributed by atoms with van der Waals surface area (Å²) in [4.78, 5) is 0.169. The molecule has 0 bridgehead atoms. The van der Waals surface area contributed by atoms with E-state index in [1.807, 2.05) is 0 Å². The maximum absolute atomic E-state index is 8.79. The van der Waals surface area contributed by atoms with E-state index in [2.05, 4.69) is 0 Å². The van der Waals surface area contributed by atoms with E-state index in [4.69, 9.17) is 10.6 Å². The van der Waals surface area contributed by atoms with E-state index in [-0.39, 0.29) is 4.80 Å². The molecular weight excluding hydrogens is 124 g/mol. The molecule has 1 rings (SSSR count). The average Bonchev–Trinajstić information content (AvgIpc) is 1.98. The molecule has 4 heteroatoms. The fourth-order valence-corrected chi connectivity index (χ4v) is 1.03. The van der Waals surface area contributed by atoms with Crippen LogP contribution < -0.4 is 4.80 Å². The Morgan fingerprint density at radius 1 is 1.88 bits per heavy atom. The van der Waals surface area contributed by atoms with E-state index >= 15 is 0 Å². The molecule has 0 spiro atoms. The van der Waals surface area contributed by atoms with Gasteiger partial charge in [-0.2, -0.15) is 4.73 Å². The molecule has 0 fully saturated rings. The molecule has 0 unspecified atom stereocenters. The van der Waals surface area contributed by atoms with E-state index < -0.39 is 0 Å². The molecule has 0 saturated carbocycles. The summed E-state index contributed by atoms with van der Waals surface area (Å²) in [5.74, 6) is 0. The van der Waals surface area contributed by atoms with Crippen molar-refractivity contribution in [2.24, 2.45) is 0 Å². The van der Waals surface area contributed by atoms with Gasteiger partial charge in [-0.15, -0.1) is 11.3 Å². The molecule has 44 valence electrons. The van der Waals surface area contributed by atoms with Crippen molar-refractivity contribution in [3.8, 4) is 0 Å². The fraction of sp³-hybridized carbons (Fsp3) is 0.250. The SMILES string of the molecule is Cc1csc(=N)n1O. The zero-order chi connectivity index (χ0) is 6.15. The number of thiazole rings is 1. The van der Waals surface area contributed by atoms with Crippen LogP contribution in [0.15, 0.2) is 5.38 Å². The van der Waals surface area contributed by atoms with Gasteiger partial charge in [0.05, 0.1) is 5.69 Å². The summed E-state index contributed by atoms with van der Waals surface area (Å²) in [6, 6.07) is 0. The third-order valence-electron chi connectivity index (χ3n) is 0.868. The maximum Gasteiger partial charge on any atom is 0.216 e. The van der Waals surface area contributed by atoms with Crippen molar-refractivity contribution < 1.29 is 5.21 Å². The molecule has 0 radical (unpaired) electrons. The van der Waals surface area contributed by atoms with Crippen LogP contribution in [-0.2, 0) is 0 Å². The Balaban J connectivity index is 3.41. The largest absolute Gasteiger partial charge is 0.426 e. The molecule has 0 aliphatic carbocycles. The van der Waals surface area contributed by atoms with Gasteiger partial charge in [0, 0.05) is 5.38 Å². The molecule has 1 heterocycles. The lowest BCUT2D eigenvalue weighted by atomic mass is 10.6. The first kappa shape index (κ1) is 5.37. The summed E-state index contributed by atoms with van der Waals surface area (Å²) in [7, 11) is 0. The highest BCUT2D eigenvalue weighted by atomic mass is 32.1. The van der Waals surface area contributed by atoms with Gasteiger partial charge in [-0.25, -0.2) is 0 Å². The Bertz CT molecular complexity index is 236. The third-order valence-corrected chi connectivity index (χ3v) is 1.72. The van der Waals surface area contributed by atoms with Gasteiger partial charge in [0.25, 0.3) is 0 Å². The molecule has 3 nitrogen and oxygen atoms in total. The van der Waals surface area contributed by atoms with E-state index in [1.54, 1.807) is 12.3 Å². The topological polar surface area (TPSA) is 49.0 Å². The van der Waals surface area contributed by atoms with Crippen LogP contribution >= 0.6 is 11.3 Å². The van der Waals surface area contributed by atoms with E-state index in [9.17, 15) is 0 Å². The normalized spacial score (nSPS) is 9.62. The predicted octanol–water partition coefficient (Wildman–Crippen LogP) is 0.575. The zero-order valence-electron chi connectivity index (χ0n) is 4.38. The Hall–Kier alpha value is -0.770. The second kappa shape index (κ2) is 1.63. The van der Waals surface area contributed by atoms with Gasteiger partial charge in [-0.1, -0.05) is 0 Å². The van der Waals surface area contributed by atoms with Crippen LogP contribution in [0.5, 0.6) is 0 Å². The average molecular weight is 130 g/mol. The summed E-state index contributed by atoms with van der Waals surface area (Å²) < 4.78 is 0.852. The fourth-order valence-electron chi connectivity index (χ4n) is 0.401. The molecule has 0 amide bonds. The summed E-state index contributed by atoms with van der Waals surface area (Å²) in [6.07, 6.45) is 0. The quantitative estimate of drug-likeness (QED) is 0.496. The molecule has 0 aliphatic heterocycles. The number of nitrogens with zero attached hydrogens (tertiary/aromatic N) is 1. The van der Waals surface area contributed by atoms with Gasteiger partial charge >= 0.3 is 0 Å². The number of rotatable bonds is 0. The highest BCUT2D eigenvalue weighted by Gasteiger charge is 1.92. The molecule has 1 aromatic rings. The highest BCUT2D eigenvalue weighted by Crippen LogP contribution is 1.93. The lowest BCUT2D eigenvalue weighted by Crippen LogP contribution is -2.09. The van der Waals surface area contributed by atoms with Crippen LogP contribution in [0.4, 0.5) is 0 Å². The predicted molar refractivity (Wildman–Crippen MR) is 30.1 cm³/mol. The van der Waals surface area contributed by atoms with Crippen molar-refractivity contribution >= 4 is 11.3 Å². The van der Waals surface area contributed by atoms with Crippen LogP contribution in [0.25, 0.3) is 0 Å². The van der Waals surface area contributed by atoms with Crippen molar-refractivity contribution in [1.29, 1.82) is 5.41 Å². The number of nitrogens with one attached hydrogen (secondary N) is 1. The van der Waals surface area contributed by atoms with Crippen molar-refractivity contribution in [3.63, 3.8) is 0 Å². The zero-order valence-corrected chi connectivity index (χ0v) is 5.20. The molecule has 2 N–H and O–H groups in total. The lowest BCUT2D eigenvalue weighted by Gasteiger charge is -1.87. The first-order valence-corrected chi connectivity index (χ1v) is 3.01. The second-order valence-electron chi connectivity index (χ2n) is 1.49. The van der Waals surface area contributed by atoms with E-state index in [0.717, 1.165) is 4.73 Å². The highest BCUT2D eigenvalue weighted by molar-refractivity contribution is 7.07. The molecule has 0 atom stereocenters. The summed E-state index contributed by atoms with van der Waals surface area (Å²) in [6.45, 7) is 1.74. The van der Waals surface area contributed by atoms with E-state index in [0.29, 0.717) is 5.69 Å². The third kappa shape index (κ3) is 0.626. The van der Waals surface area contributed by atoms with E-state index in [1.165, 1.54) is 11.3 Å². The van der Waals surface area contributed by atoms with Crippen LogP contribution in [0.1, 0.15) is 5.69 Å². The first-order valence-electron chi connectivity index (χ1n) is 2.13. The number of aromatic nitrogens is 1. The number of hydrogen-bond donors (Lipinski definition) is 2. The van der Waals surface area contributed by atoms with Gasteiger partial charge < -0.3 is 5.21 Å². The van der Waals surface area contributed by atoms with Gasteiger partial charge in [0.1, 0.15) is 0 Å². The maximum atomic E-state index is 8.79. The van der Waals surface area contributed by atoms with Crippen LogP contribution in [0.3, 0.4) is 0 Å². The minimum atomic E-state index is 0.169. The van der Waals surface area contributed by atoms with Gasteiger partial charge in [-0.3, -0.25) is 5.41 Å². The Morgan fingerprint density at radius 3 is 2.62 bits per heavy atom. The summed E-state index contributed by atoms with van der Waals surface area (Å²) >= 11 is 1.21. The van der Waals surface area contributed by atoms with Gasteiger partial charge in [0.15, 0.2) is 0 Å². The lowest BCUT2D eigenvalue weighted by molar-refractivity contribution is 0.170. The molecule has 0 aromatic carbocycles. The number of aryl methyl sites for hydroxylation is 1. The van der Waals surface area contributed by atoms with Gasteiger partial charge in [-0.05, 0) is 6.92 Å².